The summed E-state index contributed by atoms with van der Waals surface area (Å²) in [5.74, 6) is -0.232. The SMILES string of the molecule is COCCNC(=S)N(Cc1ccccc1)Cc1ccc(F)cc1. The number of nitrogens with one attached hydrogen (secondary N) is 1. The topological polar surface area (TPSA) is 24.5 Å². The van der Waals surface area contributed by atoms with Gasteiger partial charge in [0.05, 0.1) is 6.61 Å². The van der Waals surface area contributed by atoms with Crippen LogP contribution in [-0.2, 0) is 17.8 Å². The summed E-state index contributed by atoms with van der Waals surface area (Å²) in [6, 6.07) is 16.6. The van der Waals surface area contributed by atoms with Crippen molar-refractivity contribution in [2.45, 2.75) is 13.1 Å². The maximum atomic E-state index is 13.1. The van der Waals surface area contributed by atoms with Gasteiger partial charge in [0, 0.05) is 26.7 Å². The van der Waals surface area contributed by atoms with E-state index in [2.05, 4.69) is 22.3 Å². The lowest BCUT2D eigenvalue weighted by atomic mass is 10.2. The van der Waals surface area contributed by atoms with Crippen LogP contribution in [0.2, 0.25) is 0 Å². The molecule has 0 aliphatic carbocycles. The van der Waals surface area contributed by atoms with Gasteiger partial charge in [0.25, 0.3) is 0 Å². The summed E-state index contributed by atoms with van der Waals surface area (Å²) in [6.07, 6.45) is 0. The van der Waals surface area contributed by atoms with Crippen molar-refractivity contribution in [1.82, 2.24) is 10.2 Å². The Morgan fingerprint density at radius 2 is 1.65 bits per heavy atom. The smallest absolute Gasteiger partial charge is 0.169 e. The first-order valence-corrected chi connectivity index (χ1v) is 7.90. The van der Waals surface area contributed by atoms with Gasteiger partial charge in [0.2, 0.25) is 0 Å². The fourth-order valence-corrected chi connectivity index (χ4v) is 2.42. The molecule has 0 fully saturated rings. The van der Waals surface area contributed by atoms with Gasteiger partial charge in [-0.05, 0) is 35.5 Å². The average Bonchev–Trinajstić information content (AvgIpc) is 2.57. The van der Waals surface area contributed by atoms with Gasteiger partial charge in [-0.25, -0.2) is 4.39 Å². The zero-order valence-corrected chi connectivity index (χ0v) is 14.0. The molecule has 2 aromatic rings. The van der Waals surface area contributed by atoms with Crippen molar-refractivity contribution in [1.29, 1.82) is 0 Å². The second-order valence-corrected chi connectivity index (χ2v) is 5.58. The van der Waals surface area contributed by atoms with Gasteiger partial charge >= 0.3 is 0 Å². The van der Waals surface area contributed by atoms with Gasteiger partial charge in [-0.2, -0.15) is 0 Å². The first-order valence-electron chi connectivity index (χ1n) is 7.49. The molecule has 0 aliphatic rings. The normalized spacial score (nSPS) is 10.3. The molecule has 0 unspecified atom stereocenters. The molecule has 23 heavy (non-hydrogen) atoms. The third-order valence-corrected chi connectivity index (χ3v) is 3.78. The molecule has 0 aliphatic heterocycles. The molecule has 2 aromatic carbocycles. The van der Waals surface area contributed by atoms with Gasteiger partial charge in [-0.15, -0.1) is 0 Å². The summed E-state index contributed by atoms with van der Waals surface area (Å²) < 4.78 is 18.1. The summed E-state index contributed by atoms with van der Waals surface area (Å²) in [4.78, 5) is 2.06. The number of rotatable bonds is 7. The van der Waals surface area contributed by atoms with Crippen molar-refractivity contribution < 1.29 is 9.13 Å². The maximum Gasteiger partial charge on any atom is 0.169 e. The summed E-state index contributed by atoms with van der Waals surface area (Å²) in [7, 11) is 1.66. The molecule has 2 rings (SSSR count). The zero-order chi connectivity index (χ0) is 16.5. The van der Waals surface area contributed by atoms with E-state index in [0.29, 0.717) is 31.4 Å². The molecule has 0 amide bonds. The molecule has 0 radical (unpaired) electrons. The molecule has 0 aromatic heterocycles. The molecule has 0 saturated heterocycles. The van der Waals surface area contributed by atoms with Crippen LogP contribution in [0.5, 0.6) is 0 Å². The maximum absolute atomic E-state index is 13.1. The Balaban J connectivity index is 2.06. The molecule has 0 heterocycles. The summed E-state index contributed by atoms with van der Waals surface area (Å²) in [5, 5.41) is 3.86. The number of halogens is 1. The minimum absolute atomic E-state index is 0.232. The number of ether oxygens (including phenoxy) is 1. The van der Waals surface area contributed by atoms with Crippen molar-refractivity contribution in [3.05, 3.63) is 71.5 Å². The zero-order valence-electron chi connectivity index (χ0n) is 13.2. The first kappa shape index (κ1) is 17.4. The number of nitrogens with zero attached hydrogens (tertiary/aromatic N) is 1. The van der Waals surface area contributed by atoms with Crippen molar-refractivity contribution in [3.8, 4) is 0 Å². The molecule has 0 bridgehead atoms. The van der Waals surface area contributed by atoms with Crippen LogP contribution >= 0.6 is 12.2 Å². The summed E-state index contributed by atoms with van der Waals surface area (Å²) in [6.45, 7) is 2.56. The van der Waals surface area contributed by atoms with Crippen LogP contribution in [0, 0.1) is 5.82 Å². The van der Waals surface area contributed by atoms with E-state index in [0.717, 1.165) is 5.56 Å². The quantitative estimate of drug-likeness (QED) is 0.621. The molecular weight excluding hydrogens is 311 g/mol. The molecule has 0 saturated carbocycles. The Morgan fingerprint density at radius 1 is 1.04 bits per heavy atom. The van der Waals surface area contributed by atoms with Crippen LogP contribution in [0.3, 0.4) is 0 Å². The highest BCUT2D eigenvalue weighted by molar-refractivity contribution is 7.80. The van der Waals surface area contributed by atoms with Crippen LogP contribution in [-0.4, -0.2) is 30.3 Å². The van der Waals surface area contributed by atoms with E-state index < -0.39 is 0 Å². The largest absolute Gasteiger partial charge is 0.383 e. The van der Waals surface area contributed by atoms with Crippen molar-refractivity contribution in [3.63, 3.8) is 0 Å². The van der Waals surface area contributed by atoms with E-state index in [9.17, 15) is 4.39 Å². The molecule has 0 spiro atoms. The number of thiocarbonyl (C=S) groups is 1. The van der Waals surface area contributed by atoms with Crippen molar-refractivity contribution in [2.24, 2.45) is 0 Å². The standard InChI is InChI=1S/C18H21FN2OS/c1-22-12-11-20-18(23)21(13-15-5-3-2-4-6-15)14-16-7-9-17(19)10-8-16/h2-10H,11-14H2,1H3,(H,20,23). The van der Waals surface area contributed by atoms with Crippen LogP contribution in [0.25, 0.3) is 0 Å². The molecular formula is C18H21FN2OS. The third-order valence-electron chi connectivity index (χ3n) is 3.37. The van der Waals surface area contributed by atoms with Gasteiger partial charge in [0.1, 0.15) is 5.82 Å². The van der Waals surface area contributed by atoms with E-state index in [1.807, 2.05) is 18.2 Å². The second kappa shape index (κ2) is 9.22. The van der Waals surface area contributed by atoms with Crippen LogP contribution in [0.15, 0.2) is 54.6 Å². The fraction of sp³-hybridized carbons (Fsp3) is 0.278. The Morgan fingerprint density at radius 3 is 2.26 bits per heavy atom. The first-order chi connectivity index (χ1) is 11.2. The summed E-state index contributed by atoms with van der Waals surface area (Å²) in [5.41, 5.74) is 2.18. The molecule has 122 valence electrons. The minimum Gasteiger partial charge on any atom is -0.383 e. The molecule has 1 N–H and O–H groups in total. The average molecular weight is 332 g/mol. The van der Waals surface area contributed by atoms with Crippen LogP contribution < -0.4 is 5.32 Å². The van der Waals surface area contributed by atoms with Crippen molar-refractivity contribution >= 4 is 17.3 Å². The highest BCUT2D eigenvalue weighted by Crippen LogP contribution is 2.11. The number of benzene rings is 2. The lowest BCUT2D eigenvalue weighted by molar-refractivity contribution is 0.202. The Kier molecular flexibility index (Phi) is 6.97. The predicted octanol–water partition coefficient (Wildman–Crippen LogP) is 3.35. The van der Waals surface area contributed by atoms with Crippen LogP contribution in [0.1, 0.15) is 11.1 Å². The molecule has 0 atom stereocenters. The fourth-order valence-electron chi connectivity index (χ4n) is 2.19. The number of methoxy groups -OCH3 is 1. The van der Waals surface area contributed by atoms with Crippen LogP contribution in [0.4, 0.5) is 4.39 Å². The molecule has 5 heteroatoms. The van der Waals surface area contributed by atoms with E-state index in [4.69, 9.17) is 17.0 Å². The number of hydrogen-bond acceptors (Lipinski definition) is 2. The van der Waals surface area contributed by atoms with Gasteiger partial charge in [0.15, 0.2) is 5.11 Å². The Bertz CT molecular complexity index is 604. The molecule has 3 nitrogen and oxygen atoms in total. The Labute approximate surface area is 142 Å². The lowest BCUT2D eigenvalue weighted by Crippen LogP contribution is -2.40. The summed E-state index contributed by atoms with van der Waals surface area (Å²) >= 11 is 5.50. The lowest BCUT2D eigenvalue weighted by Gasteiger charge is -2.26. The van der Waals surface area contributed by atoms with E-state index in [1.165, 1.54) is 17.7 Å². The van der Waals surface area contributed by atoms with Gasteiger partial charge in [-0.3, -0.25) is 0 Å². The van der Waals surface area contributed by atoms with E-state index >= 15 is 0 Å². The van der Waals surface area contributed by atoms with Gasteiger partial charge in [-0.1, -0.05) is 42.5 Å². The monoisotopic (exact) mass is 332 g/mol. The van der Waals surface area contributed by atoms with Crippen molar-refractivity contribution in [2.75, 3.05) is 20.3 Å². The highest BCUT2D eigenvalue weighted by Gasteiger charge is 2.11. The highest BCUT2D eigenvalue weighted by atomic mass is 32.1. The van der Waals surface area contributed by atoms with E-state index in [-0.39, 0.29) is 5.82 Å². The Hall–Kier alpha value is -1.98. The minimum atomic E-state index is -0.232. The third kappa shape index (κ3) is 5.96. The van der Waals surface area contributed by atoms with E-state index in [1.54, 1.807) is 19.2 Å². The number of hydrogen-bond donors (Lipinski definition) is 1. The second-order valence-electron chi connectivity index (χ2n) is 5.19. The predicted molar refractivity (Wildman–Crippen MR) is 94.6 cm³/mol. The van der Waals surface area contributed by atoms with Gasteiger partial charge < -0.3 is 15.0 Å².